The third kappa shape index (κ3) is 7.17. The molecule has 5 rings (SSSR count). The van der Waals surface area contributed by atoms with Crippen LogP contribution in [0.15, 0.2) is 54.9 Å². The number of sulfonamides is 1. The summed E-state index contributed by atoms with van der Waals surface area (Å²) in [6, 6.07) is 10.6. The molecule has 2 aliphatic rings. The quantitative estimate of drug-likeness (QED) is 0.244. The molecule has 2 N–H and O–H groups in total. The van der Waals surface area contributed by atoms with Crippen molar-refractivity contribution in [3.8, 4) is 0 Å². The summed E-state index contributed by atoms with van der Waals surface area (Å²) in [5.74, 6) is 1.05. The maximum atomic E-state index is 12.5. The van der Waals surface area contributed by atoms with E-state index in [1.807, 2.05) is 18.3 Å². The predicted octanol–water partition coefficient (Wildman–Crippen LogP) is 6.13. The van der Waals surface area contributed by atoms with Crippen LogP contribution in [-0.2, 0) is 10.0 Å². The Kier molecular flexibility index (Phi) is 8.57. The first-order valence-corrected chi connectivity index (χ1v) is 16.0. The lowest BCUT2D eigenvalue weighted by molar-refractivity contribution is 0.104. The first-order chi connectivity index (χ1) is 18.6. The number of hydrogen-bond acceptors (Lipinski definition) is 5. The number of H-pyrrole nitrogens is 1. The van der Waals surface area contributed by atoms with Crippen LogP contribution in [0.2, 0.25) is 10.0 Å². The van der Waals surface area contributed by atoms with Gasteiger partial charge in [0.25, 0.3) is 0 Å². The van der Waals surface area contributed by atoms with Gasteiger partial charge in [-0.1, -0.05) is 23.2 Å². The standard InChI is InChI=1S/C29H34Cl2N4O3S/c1-39(37,38)33-23-3-5-28-24(17-23)25(18-32-28)21-8-13-35(14-9-21)19-20-6-11-34(12-7-20)15-10-29(36)22-2-4-26(30)27(31)16-22/h2-5,10,15-18,20-21,32-33H,6-9,11-14,19H2,1H3/b15-10+. The first-order valence-electron chi connectivity index (χ1n) is 13.4. The zero-order chi connectivity index (χ0) is 27.6. The average molecular weight is 590 g/mol. The number of rotatable bonds is 8. The molecule has 3 heterocycles. The fourth-order valence-corrected chi connectivity index (χ4v) is 6.61. The summed E-state index contributed by atoms with van der Waals surface area (Å²) in [4.78, 5) is 20.7. The van der Waals surface area contributed by atoms with Crippen molar-refractivity contribution < 1.29 is 13.2 Å². The topological polar surface area (TPSA) is 85.5 Å². The molecule has 39 heavy (non-hydrogen) atoms. The maximum absolute atomic E-state index is 12.5. The van der Waals surface area contributed by atoms with Gasteiger partial charge in [0.15, 0.2) is 5.78 Å². The number of hydrogen-bond donors (Lipinski definition) is 2. The molecule has 0 unspecified atom stereocenters. The Morgan fingerprint density at radius 3 is 2.46 bits per heavy atom. The van der Waals surface area contributed by atoms with Crippen molar-refractivity contribution in [2.24, 2.45) is 5.92 Å². The third-order valence-corrected chi connectivity index (χ3v) is 9.20. The van der Waals surface area contributed by atoms with Gasteiger partial charge in [-0.3, -0.25) is 9.52 Å². The summed E-state index contributed by atoms with van der Waals surface area (Å²) in [6.45, 7) is 5.15. The number of nitrogens with one attached hydrogen (secondary N) is 2. The van der Waals surface area contributed by atoms with Crippen molar-refractivity contribution in [2.45, 2.75) is 31.6 Å². The highest BCUT2D eigenvalue weighted by Gasteiger charge is 2.26. The van der Waals surface area contributed by atoms with Crippen molar-refractivity contribution >= 4 is 55.6 Å². The van der Waals surface area contributed by atoms with Crippen LogP contribution in [-0.4, -0.2) is 68.0 Å². The zero-order valence-corrected chi connectivity index (χ0v) is 24.3. The number of allylic oxidation sites excluding steroid dienone is 1. The molecule has 0 bridgehead atoms. The number of aromatic nitrogens is 1. The summed E-state index contributed by atoms with van der Waals surface area (Å²) in [5, 5.41) is 1.93. The molecule has 1 aromatic heterocycles. The van der Waals surface area contributed by atoms with Crippen LogP contribution >= 0.6 is 23.2 Å². The van der Waals surface area contributed by atoms with Gasteiger partial charge in [-0.2, -0.15) is 0 Å². The minimum absolute atomic E-state index is 0.0726. The van der Waals surface area contributed by atoms with Gasteiger partial charge in [0.05, 0.1) is 16.3 Å². The SMILES string of the molecule is CS(=O)(=O)Nc1ccc2[nH]cc(C3CCN(CC4CCN(/C=C/C(=O)c5ccc(Cl)c(Cl)c5)CC4)CC3)c2c1. The highest BCUT2D eigenvalue weighted by atomic mass is 35.5. The number of fused-ring (bicyclic) bond motifs is 1. The molecule has 0 aliphatic carbocycles. The van der Waals surface area contributed by atoms with E-state index in [1.165, 1.54) is 11.8 Å². The number of likely N-dealkylation sites (tertiary alicyclic amines) is 2. The second-order valence-electron chi connectivity index (χ2n) is 10.7. The van der Waals surface area contributed by atoms with Crippen molar-refractivity contribution in [3.05, 3.63) is 76.0 Å². The largest absolute Gasteiger partial charge is 0.377 e. The van der Waals surface area contributed by atoms with E-state index < -0.39 is 10.0 Å². The number of halogens is 2. The average Bonchev–Trinajstić information content (AvgIpc) is 3.32. The van der Waals surface area contributed by atoms with Crippen molar-refractivity contribution in [2.75, 3.05) is 43.7 Å². The summed E-state index contributed by atoms with van der Waals surface area (Å²) in [7, 11) is -3.31. The Morgan fingerprint density at radius 1 is 1.03 bits per heavy atom. The molecule has 208 valence electrons. The van der Waals surface area contributed by atoms with Crippen molar-refractivity contribution in [3.63, 3.8) is 0 Å². The van der Waals surface area contributed by atoms with E-state index in [9.17, 15) is 13.2 Å². The Hall–Kier alpha value is -2.52. The van der Waals surface area contributed by atoms with E-state index >= 15 is 0 Å². The number of benzene rings is 2. The van der Waals surface area contributed by atoms with Gasteiger partial charge in [-0.05, 0) is 92.6 Å². The van der Waals surface area contributed by atoms with E-state index in [0.717, 1.165) is 69.3 Å². The maximum Gasteiger partial charge on any atom is 0.229 e. The number of carbonyl (C=O) groups is 1. The molecule has 3 aromatic rings. The van der Waals surface area contributed by atoms with Gasteiger partial charge < -0.3 is 14.8 Å². The molecule has 2 aromatic carbocycles. The number of aromatic amines is 1. The number of nitrogens with zero attached hydrogens (tertiary/aromatic N) is 2. The number of carbonyl (C=O) groups excluding carboxylic acids is 1. The highest BCUT2D eigenvalue weighted by molar-refractivity contribution is 7.92. The summed E-state index contributed by atoms with van der Waals surface area (Å²) >= 11 is 12.0. The van der Waals surface area contributed by atoms with Crippen LogP contribution in [0.5, 0.6) is 0 Å². The molecule has 7 nitrogen and oxygen atoms in total. The van der Waals surface area contributed by atoms with Gasteiger partial charge in [-0.15, -0.1) is 0 Å². The van der Waals surface area contributed by atoms with Gasteiger partial charge in [0.1, 0.15) is 0 Å². The van der Waals surface area contributed by atoms with Crippen LogP contribution in [0.4, 0.5) is 5.69 Å². The van der Waals surface area contributed by atoms with Crippen LogP contribution in [0.3, 0.4) is 0 Å². The van der Waals surface area contributed by atoms with Gasteiger partial charge >= 0.3 is 0 Å². The summed E-state index contributed by atoms with van der Waals surface area (Å²) in [6.07, 6.45) is 11.2. The zero-order valence-electron chi connectivity index (χ0n) is 22.0. The van der Waals surface area contributed by atoms with Crippen LogP contribution < -0.4 is 4.72 Å². The van der Waals surface area contributed by atoms with E-state index in [-0.39, 0.29) is 5.78 Å². The Bertz CT molecular complexity index is 1470. The highest BCUT2D eigenvalue weighted by Crippen LogP contribution is 2.35. The van der Waals surface area contributed by atoms with Crippen LogP contribution in [0, 0.1) is 5.92 Å². The summed E-state index contributed by atoms with van der Waals surface area (Å²) in [5.41, 5.74) is 3.45. The Balaban J connectivity index is 1.09. The smallest absolute Gasteiger partial charge is 0.229 e. The number of piperidine rings is 2. The van der Waals surface area contributed by atoms with E-state index in [0.29, 0.717) is 33.1 Å². The predicted molar refractivity (Wildman–Crippen MR) is 159 cm³/mol. The minimum Gasteiger partial charge on any atom is -0.377 e. The number of anilines is 1. The Labute approximate surface area is 240 Å². The second-order valence-corrected chi connectivity index (χ2v) is 13.3. The molecule has 0 radical (unpaired) electrons. The number of ketones is 1. The van der Waals surface area contributed by atoms with Crippen molar-refractivity contribution in [1.82, 2.24) is 14.8 Å². The molecule has 0 saturated carbocycles. The molecule has 2 aliphatic heterocycles. The van der Waals surface area contributed by atoms with Gasteiger partial charge in [-0.25, -0.2) is 8.42 Å². The molecule has 10 heteroatoms. The van der Waals surface area contributed by atoms with Crippen LogP contribution in [0.25, 0.3) is 10.9 Å². The molecule has 2 fully saturated rings. The lowest BCUT2D eigenvalue weighted by Crippen LogP contribution is -2.40. The fourth-order valence-electron chi connectivity index (χ4n) is 5.75. The lowest BCUT2D eigenvalue weighted by Gasteiger charge is -2.37. The molecule has 0 atom stereocenters. The summed E-state index contributed by atoms with van der Waals surface area (Å²) < 4.78 is 25.9. The third-order valence-electron chi connectivity index (χ3n) is 7.85. The van der Waals surface area contributed by atoms with Crippen molar-refractivity contribution in [1.29, 1.82) is 0 Å². The van der Waals surface area contributed by atoms with E-state index in [1.54, 1.807) is 30.3 Å². The fraction of sp³-hybridized carbons (Fsp3) is 0.414. The van der Waals surface area contributed by atoms with E-state index in [2.05, 4.69) is 25.7 Å². The van der Waals surface area contributed by atoms with Crippen LogP contribution in [0.1, 0.15) is 47.5 Å². The molecular weight excluding hydrogens is 555 g/mol. The monoisotopic (exact) mass is 588 g/mol. The first kappa shape index (κ1) is 28.0. The molecule has 0 spiro atoms. The Morgan fingerprint density at radius 2 is 1.77 bits per heavy atom. The van der Waals surface area contributed by atoms with Gasteiger partial charge in [0.2, 0.25) is 10.0 Å². The van der Waals surface area contributed by atoms with E-state index in [4.69, 9.17) is 23.2 Å². The molecule has 0 amide bonds. The second kappa shape index (κ2) is 11.9. The minimum atomic E-state index is -3.31. The van der Waals surface area contributed by atoms with Gasteiger partial charge in [0, 0.05) is 60.3 Å². The molecule has 2 saturated heterocycles. The lowest BCUT2D eigenvalue weighted by atomic mass is 9.88. The molecular formula is C29H34Cl2N4O3S. The normalized spacial score (nSPS) is 18.3.